The summed E-state index contributed by atoms with van der Waals surface area (Å²) in [4.78, 5) is 11.1. The number of anilines is 3. The Labute approximate surface area is 106 Å². The van der Waals surface area contributed by atoms with Gasteiger partial charge in [-0.05, 0) is 29.8 Å². The molecule has 17 heavy (non-hydrogen) atoms. The van der Waals surface area contributed by atoms with Crippen LogP contribution in [-0.4, -0.2) is 15.0 Å². The molecule has 0 atom stereocenters. The Hall–Kier alpha value is -1.66. The summed E-state index contributed by atoms with van der Waals surface area (Å²) in [5, 5.41) is 2.84. The van der Waals surface area contributed by atoms with Gasteiger partial charge in [0, 0.05) is 5.02 Å². The Morgan fingerprint density at radius 3 is 2.59 bits per heavy atom. The molecule has 5 nitrogen and oxygen atoms in total. The Morgan fingerprint density at radius 2 is 1.94 bits per heavy atom. The molecule has 0 fully saturated rings. The van der Waals surface area contributed by atoms with Gasteiger partial charge in [-0.15, -0.1) is 0 Å². The molecule has 0 saturated heterocycles. The standard InChI is InChI=1S/C9H6Cl2FN5/c10-4-1-2-6(5(12)3-4)14-9-16-7(11)15-8(13)17-9/h1-3H,(H3,13,14,15,16,17). The lowest BCUT2D eigenvalue weighted by molar-refractivity contribution is 0.631. The lowest BCUT2D eigenvalue weighted by Crippen LogP contribution is -2.04. The molecule has 0 saturated carbocycles. The van der Waals surface area contributed by atoms with E-state index in [2.05, 4.69) is 20.3 Å². The van der Waals surface area contributed by atoms with E-state index in [1.165, 1.54) is 12.1 Å². The van der Waals surface area contributed by atoms with Crippen molar-refractivity contribution in [2.75, 3.05) is 11.1 Å². The minimum Gasteiger partial charge on any atom is -0.368 e. The van der Waals surface area contributed by atoms with Gasteiger partial charge in [-0.25, -0.2) is 4.39 Å². The molecule has 88 valence electrons. The van der Waals surface area contributed by atoms with Crippen LogP contribution in [0.3, 0.4) is 0 Å². The number of nitrogens with zero attached hydrogens (tertiary/aromatic N) is 3. The second-order valence-electron chi connectivity index (χ2n) is 3.04. The van der Waals surface area contributed by atoms with Crippen LogP contribution < -0.4 is 11.1 Å². The van der Waals surface area contributed by atoms with E-state index in [4.69, 9.17) is 28.9 Å². The predicted molar refractivity (Wildman–Crippen MR) is 63.9 cm³/mol. The third-order valence-corrected chi connectivity index (χ3v) is 2.21. The van der Waals surface area contributed by atoms with Crippen molar-refractivity contribution < 1.29 is 4.39 Å². The highest BCUT2D eigenvalue weighted by molar-refractivity contribution is 6.30. The van der Waals surface area contributed by atoms with Gasteiger partial charge in [0.2, 0.25) is 17.2 Å². The van der Waals surface area contributed by atoms with Gasteiger partial charge in [0.1, 0.15) is 5.82 Å². The van der Waals surface area contributed by atoms with E-state index in [1.807, 2.05) is 0 Å². The fourth-order valence-electron chi connectivity index (χ4n) is 1.13. The number of hydrogen-bond donors (Lipinski definition) is 2. The SMILES string of the molecule is Nc1nc(Cl)nc(Nc2ccc(Cl)cc2F)n1. The summed E-state index contributed by atoms with van der Waals surface area (Å²) in [5.41, 5.74) is 5.54. The number of hydrogen-bond acceptors (Lipinski definition) is 5. The molecule has 8 heteroatoms. The number of rotatable bonds is 2. The summed E-state index contributed by atoms with van der Waals surface area (Å²) in [6.07, 6.45) is 0. The summed E-state index contributed by atoms with van der Waals surface area (Å²) >= 11 is 11.2. The summed E-state index contributed by atoms with van der Waals surface area (Å²) in [7, 11) is 0. The van der Waals surface area contributed by atoms with E-state index in [9.17, 15) is 4.39 Å². The molecule has 0 radical (unpaired) electrons. The predicted octanol–water partition coefficient (Wildman–Crippen LogP) is 2.64. The quantitative estimate of drug-likeness (QED) is 0.880. The molecule has 0 amide bonds. The van der Waals surface area contributed by atoms with Crippen molar-refractivity contribution in [3.05, 3.63) is 34.3 Å². The Morgan fingerprint density at radius 1 is 1.18 bits per heavy atom. The van der Waals surface area contributed by atoms with Crippen LogP contribution in [0.15, 0.2) is 18.2 Å². The van der Waals surface area contributed by atoms with E-state index in [1.54, 1.807) is 0 Å². The van der Waals surface area contributed by atoms with E-state index < -0.39 is 5.82 Å². The van der Waals surface area contributed by atoms with Crippen molar-refractivity contribution >= 4 is 40.8 Å². The van der Waals surface area contributed by atoms with E-state index >= 15 is 0 Å². The third kappa shape index (κ3) is 2.92. The van der Waals surface area contributed by atoms with Gasteiger partial charge < -0.3 is 11.1 Å². The zero-order chi connectivity index (χ0) is 12.4. The normalized spacial score (nSPS) is 10.3. The topological polar surface area (TPSA) is 76.7 Å². The maximum Gasteiger partial charge on any atom is 0.233 e. The average Bonchev–Trinajstić information content (AvgIpc) is 2.21. The monoisotopic (exact) mass is 273 g/mol. The lowest BCUT2D eigenvalue weighted by atomic mass is 10.3. The Balaban J connectivity index is 2.31. The lowest BCUT2D eigenvalue weighted by Gasteiger charge is -2.06. The number of aromatic nitrogens is 3. The fraction of sp³-hybridized carbons (Fsp3) is 0. The summed E-state index contributed by atoms with van der Waals surface area (Å²) < 4.78 is 13.5. The van der Waals surface area contributed by atoms with Crippen LogP contribution >= 0.6 is 23.2 Å². The first kappa shape index (κ1) is 11.8. The van der Waals surface area contributed by atoms with Crippen LogP contribution in [-0.2, 0) is 0 Å². The van der Waals surface area contributed by atoms with Gasteiger partial charge in [-0.3, -0.25) is 0 Å². The third-order valence-electron chi connectivity index (χ3n) is 1.80. The molecule has 1 aromatic carbocycles. The first-order chi connectivity index (χ1) is 8.04. The van der Waals surface area contributed by atoms with Crippen molar-refractivity contribution in [3.63, 3.8) is 0 Å². The first-order valence-electron chi connectivity index (χ1n) is 4.44. The zero-order valence-electron chi connectivity index (χ0n) is 8.28. The van der Waals surface area contributed by atoms with Crippen LogP contribution in [0.1, 0.15) is 0 Å². The van der Waals surface area contributed by atoms with Gasteiger partial charge in [0.05, 0.1) is 5.69 Å². The van der Waals surface area contributed by atoms with Crippen molar-refractivity contribution in [2.45, 2.75) is 0 Å². The molecule has 0 bridgehead atoms. The second-order valence-corrected chi connectivity index (χ2v) is 3.81. The van der Waals surface area contributed by atoms with E-state index in [0.717, 1.165) is 6.07 Å². The first-order valence-corrected chi connectivity index (χ1v) is 5.19. The molecule has 1 aromatic heterocycles. The molecule has 0 aliphatic carbocycles. The number of nitrogens with two attached hydrogens (primary N) is 1. The highest BCUT2D eigenvalue weighted by atomic mass is 35.5. The molecule has 1 heterocycles. The number of nitrogens with one attached hydrogen (secondary N) is 1. The smallest absolute Gasteiger partial charge is 0.233 e. The van der Waals surface area contributed by atoms with Crippen LogP contribution in [0, 0.1) is 5.82 Å². The zero-order valence-corrected chi connectivity index (χ0v) is 9.80. The summed E-state index contributed by atoms with van der Waals surface area (Å²) in [6.45, 7) is 0. The highest BCUT2D eigenvalue weighted by Crippen LogP contribution is 2.21. The van der Waals surface area contributed by atoms with Gasteiger partial charge in [-0.2, -0.15) is 15.0 Å². The molecular weight excluding hydrogens is 268 g/mol. The van der Waals surface area contributed by atoms with Gasteiger partial charge >= 0.3 is 0 Å². The Bertz CT molecular complexity index is 543. The molecule has 0 unspecified atom stereocenters. The Kier molecular flexibility index (Phi) is 3.26. The number of halogens is 3. The highest BCUT2D eigenvalue weighted by Gasteiger charge is 2.07. The average molecular weight is 274 g/mol. The molecular formula is C9H6Cl2FN5. The van der Waals surface area contributed by atoms with Crippen molar-refractivity contribution in [1.82, 2.24) is 15.0 Å². The maximum absolute atomic E-state index is 13.5. The molecule has 2 aromatic rings. The van der Waals surface area contributed by atoms with Gasteiger partial charge in [0.15, 0.2) is 0 Å². The molecule has 0 aliphatic heterocycles. The number of nitrogen functional groups attached to an aromatic ring is 1. The van der Waals surface area contributed by atoms with Gasteiger partial charge in [0.25, 0.3) is 0 Å². The minimum absolute atomic E-state index is 0.0538. The summed E-state index contributed by atoms with van der Waals surface area (Å²) in [6, 6.07) is 4.14. The number of benzene rings is 1. The largest absolute Gasteiger partial charge is 0.368 e. The fourth-order valence-corrected chi connectivity index (χ4v) is 1.46. The summed E-state index contributed by atoms with van der Waals surface area (Å²) in [5.74, 6) is -0.529. The van der Waals surface area contributed by atoms with E-state index in [0.29, 0.717) is 5.02 Å². The van der Waals surface area contributed by atoms with E-state index in [-0.39, 0.29) is 22.9 Å². The molecule has 3 N–H and O–H groups in total. The molecule has 2 rings (SSSR count). The van der Waals surface area contributed by atoms with Crippen LogP contribution in [0.25, 0.3) is 0 Å². The van der Waals surface area contributed by atoms with Gasteiger partial charge in [-0.1, -0.05) is 11.6 Å². The van der Waals surface area contributed by atoms with Crippen LogP contribution in [0.4, 0.5) is 22.0 Å². The van der Waals surface area contributed by atoms with Crippen molar-refractivity contribution in [1.29, 1.82) is 0 Å². The van der Waals surface area contributed by atoms with Crippen LogP contribution in [0.2, 0.25) is 10.3 Å². The van der Waals surface area contributed by atoms with Crippen molar-refractivity contribution in [2.24, 2.45) is 0 Å². The molecule has 0 aliphatic rings. The molecule has 0 spiro atoms. The second kappa shape index (κ2) is 4.68. The maximum atomic E-state index is 13.5. The minimum atomic E-state index is -0.535. The van der Waals surface area contributed by atoms with Crippen LogP contribution in [0.5, 0.6) is 0 Å². The van der Waals surface area contributed by atoms with Crippen molar-refractivity contribution in [3.8, 4) is 0 Å².